The van der Waals surface area contributed by atoms with Crippen LogP contribution in [0.15, 0.2) is 30.3 Å². The summed E-state index contributed by atoms with van der Waals surface area (Å²) >= 11 is 0. The molecule has 0 radical (unpaired) electrons. The summed E-state index contributed by atoms with van der Waals surface area (Å²) in [6.45, 7) is 10.5. The molecule has 5 heteroatoms. The van der Waals surface area contributed by atoms with Crippen molar-refractivity contribution in [2.75, 3.05) is 19.6 Å². The Morgan fingerprint density at radius 2 is 1.85 bits per heavy atom. The lowest BCUT2D eigenvalue weighted by molar-refractivity contribution is -0.136. The van der Waals surface area contributed by atoms with E-state index in [4.69, 9.17) is 0 Å². The molecule has 3 aliphatic rings. The quantitative estimate of drug-likeness (QED) is 0.835. The molecular weight excluding hydrogens is 336 g/mol. The van der Waals surface area contributed by atoms with Gasteiger partial charge >= 0.3 is 0 Å². The molecule has 3 aliphatic heterocycles. The van der Waals surface area contributed by atoms with Crippen LogP contribution in [0.4, 0.5) is 0 Å². The number of piperidine rings is 1. The fourth-order valence-electron chi connectivity index (χ4n) is 4.61. The Hall–Kier alpha value is -2.14. The van der Waals surface area contributed by atoms with Crippen molar-refractivity contribution >= 4 is 5.91 Å². The van der Waals surface area contributed by atoms with Crippen molar-refractivity contribution in [3.05, 3.63) is 52.8 Å². The van der Waals surface area contributed by atoms with E-state index in [1.165, 1.54) is 17.5 Å². The topological polar surface area (TPSA) is 41.4 Å². The normalized spacial score (nSPS) is 22.9. The third kappa shape index (κ3) is 3.79. The van der Waals surface area contributed by atoms with Crippen LogP contribution in [0.5, 0.6) is 0 Å². The average molecular weight is 367 g/mol. The van der Waals surface area contributed by atoms with E-state index in [-0.39, 0.29) is 5.91 Å². The van der Waals surface area contributed by atoms with Crippen molar-refractivity contribution in [1.82, 2.24) is 19.6 Å². The summed E-state index contributed by atoms with van der Waals surface area (Å²) in [4.78, 5) is 17.8. The van der Waals surface area contributed by atoms with Gasteiger partial charge in [0.15, 0.2) is 0 Å². The van der Waals surface area contributed by atoms with Gasteiger partial charge in [0.05, 0.1) is 5.69 Å². The maximum atomic E-state index is 13.1. The second-order valence-electron chi connectivity index (χ2n) is 8.28. The molecular formula is C22H30N4O. The van der Waals surface area contributed by atoms with Crippen LogP contribution in [0.1, 0.15) is 35.4 Å². The molecule has 1 aromatic heterocycles. The Balaban J connectivity index is 1.45. The summed E-state index contributed by atoms with van der Waals surface area (Å²) < 4.78 is 1.88. The molecule has 1 aromatic carbocycles. The van der Waals surface area contributed by atoms with Gasteiger partial charge in [-0.05, 0) is 50.7 Å². The molecule has 144 valence electrons. The van der Waals surface area contributed by atoms with E-state index in [9.17, 15) is 4.79 Å². The van der Waals surface area contributed by atoms with Gasteiger partial charge in [0.25, 0.3) is 0 Å². The standard InChI is InChI=1S/C22H30N4O/c1-16-17(2)23-26(18(16)3)15-22(27)25-13-20-9-10-21(25)14-24(12-20)11-19-7-5-4-6-8-19/h4-8,20-21H,9-15H2,1-3H3/t20-,21+/m0/s1. The van der Waals surface area contributed by atoms with E-state index in [2.05, 4.69) is 59.1 Å². The molecule has 0 saturated carbocycles. The van der Waals surface area contributed by atoms with E-state index in [1.54, 1.807) is 0 Å². The summed E-state index contributed by atoms with van der Waals surface area (Å²) in [5.74, 6) is 0.801. The minimum absolute atomic E-state index is 0.219. The van der Waals surface area contributed by atoms with Crippen LogP contribution < -0.4 is 0 Å². The highest BCUT2D eigenvalue weighted by Crippen LogP contribution is 2.29. The third-order valence-corrected chi connectivity index (χ3v) is 6.39. The smallest absolute Gasteiger partial charge is 0.244 e. The molecule has 1 amide bonds. The lowest BCUT2D eigenvalue weighted by Crippen LogP contribution is -2.48. The van der Waals surface area contributed by atoms with Crippen LogP contribution in [0.2, 0.25) is 0 Å². The van der Waals surface area contributed by atoms with E-state index in [1.807, 2.05) is 11.6 Å². The molecule has 0 spiro atoms. The Labute approximate surface area is 162 Å². The highest BCUT2D eigenvalue weighted by molar-refractivity contribution is 5.76. The summed E-state index contributed by atoms with van der Waals surface area (Å²) in [5.41, 5.74) is 4.67. The zero-order valence-corrected chi connectivity index (χ0v) is 16.7. The number of nitrogens with zero attached hydrogens (tertiary/aromatic N) is 4. The molecule has 0 unspecified atom stereocenters. The maximum Gasteiger partial charge on any atom is 0.244 e. The van der Waals surface area contributed by atoms with E-state index >= 15 is 0 Å². The summed E-state index contributed by atoms with van der Waals surface area (Å²) in [6, 6.07) is 11.0. The molecule has 3 saturated heterocycles. The van der Waals surface area contributed by atoms with Gasteiger partial charge in [-0.2, -0.15) is 5.10 Å². The van der Waals surface area contributed by atoms with E-state index in [0.29, 0.717) is 18.5 Å². The van der Waals surface area contributed by atoms with Gasteiger partial charge in [-0.3, -0.25) is 14.4 Å². The number of aryl methyl sites for hydroxylation is 1. The molecule has 5 nitrogen and oxygen atoms in total. The van der Waals surface area contributed by atoms with Gasteiger partial charge < -0.3 is 4.90 Å². The van der Waals surface area contributed by atoms with Crippen molar-refractivity contribution in [1.29, 1.82) is 0 Å². The van der Waals surface area contributed by atoms with Crippen LogP contribution >= 0.6 is 0 Å². The number of hydrogen-bond donors (Lipinski definition) is 0. The predicted molar refractivity (Wildman–Crippen MR) is 106 cm³/mol. The fourth-order valence-corrected chi connectivity index (χ4v) is 4.61. The summed E-state index contributed by atoms with van der Waals surface area (Å²) in [7, 11) is 0. The number of fused-ring (bicyclic) bond motifs is 4. The van der Waals surface area contributed by atoms with E-state index < -0.39 is 0 Å². The number of carbonyl (C=O) groups is 1. The number of aromatic nitrogens is 2. The van der Waals surface area contributed by atoms with Crippen LogP contribution in [0.25, 0.3) is 0 Å². The molecule has 4 heterocycles. The van der Waals surface area contributed by atoms with Gasteiger partial charge in [-0.15, -0.1) is 0 Å². The first kappa shape index (κ1) is 18.2. The zero-order valence-electron chi connectivity index (χ0n) is 16.7. The van der Waals surface area contributed by atoms with Gasteiger partial charge in [-0.1, -0.05) is 30.3 Å². The van der Waals surface area contributed by atoms with E-state index in [0.717, 1.165) is 44.0 Å². The first-order valence-corrected chi connectivity index (χ1v) is 10.1. The Kier molecular flexibility index (Phi) is 5.04. The highest BCUT2D eigenvalue weighted by atomic mass is 16.2. The predicted octanol–water partition coefficient (Wildman–Crippen LogP) is 2.93. The van der Waals surface area contributed by atoms with Crippen LogP contribution in [-0.4, -0.2) is 51.2 Å². The van der Waals surface area contributed by atoms with Gasteiger partial charge in [0.1, 0.15) is 6.54 Å². The average Bonchev–Trinajstić information content (AvgIpc) is 2.85. The van der Waals surface area contributed by atoms with Crippen molar-refractivity contribution in [2.45, 2.75) is 52.7 Å². The molecule has 2 atom stereocenters. The van der Waals surface area contributed by atoms with Crippen molar-refractivity contribution < 1.29 is 4.79 Å². The molecule has 0 N–H and O–H groups in total. The van der Waals surface area contributed by atoms with Gasteiger partial charge in [-0.25, -0.2) is 0 Å². The number of rotatable bonds is 4. The summed E-state index contributed by atoms with van der Waals surface area (Å²) in [6.07, 6.45) is 2.36. The lowest BCUT2D eigenvalue weighted by Gasteiger charge is -2.36. The Morgan fingerprint density at radius 3 is 2.56 bits per heavy atom. The number of hydrogen-bond acceptors (Lipinski definition) is 3. The van der Waals surface area contributed by atoms with Crippen molar-refractivity contribution in [2.24, 2.45) is 5.92 Å². The van der Waals surface area contributed by atoms with Gasteiger partial charge in [0.2, 0.25) is 5.91 Å². The third-order valence-electron chi connectivity index (χ3n) is 6.39. The summed E-state index contributed by atoms with van der Waals surface area (Å²) in [5, 5.41) is 4.56. The highest BCUT2D eigenvalue weighted by Gasteiger charge is 2.37. The van der Waals surface area contributed by atoms with Crippen LogP contribution in [0, 0.1) is 26.7 Å². The van der Waals surface area contributed by atoms with Gasteiger partial charge in [0, 0.05) is 37.9 Å². The fraction of sp³-hybridized carbons (Fsp3) is 0.545. The minimum atomic E-state index is 0.219. The van der Waals surface area contributed by atoms with Crippen molar-refractivity contribution in [3.8, 4) is 0 Å². The zero-order chi connectivity index (χ0) is 19.0. The first-order chi connectivity index (χ1) is 13.0. The molecule has 27 heavy (non-hydrogen) atoms. The second kappa shape index (κ2) is 7.47. The maximum absolute atomic E-state index is 13.1. The molecule has 3 fully saturated rings. The molecule has 5 rings (SSSR count). The minimum Gasteiger partial charge on any atom is -0.336 e. The van der Waals surface area contributed by atoms with Crippen LogP contribution in [-0.2, 0) is 17.9 Å². The monoisotopic (exact) mass is 366 g/mol. The van der Waals surface area contributed by atoms with Crippen LogP contribution in [0.3, 0.4) is 0 Å². The number of carbonyl (C=O) groups excluding carboxylic acids is 1. The molecule has 0 aliphatic carbocycles. The first-order valence-electron chi connectivity index (χ1n) is 10.1. The Morgan fingerprint density at radius 1 is 1.07 bits per heavy atom. The SMILES string of the molecule is Cc1nn(CC(=O)N2C[C@H]3CC[C@@H]2CN(Cc2ccccc2)C3)c(C)c1C. The molecule has 2 aromatic rings. The molecule has 2 bridgehead atoms. The second-order valence-corrected chi connectivity index (χ2v) is 8.28. The Bertz CT molecular complexity index is 813. The largest absolute Gasteiger partial charge is 0.336 e. The number of amides is 1. The van der Waals surface area contributed by atoms with Crippen molar-refractivity contribution in [3.63, 3.8) is 0 Å². The number of benzene rings is 1. The lowest BCUT2D eigenvalue weighted by atomic mass is 9.95.